The summed E-state index contributed by atoms with van der Waals surface area (Å²) in [5.74, 6) is -3.61. The topological polar surface area (TPSA) is 141 Å². The molecule has 4 aromatic rings. The highest BCUT2D eigenvalue weighted by Crippen LogP contribution is 2.50. The number of hydrogen-bond acceptors (Lipinski definition) is 9. The normalized spacial score (nSPS) is 22.8. The molecule has 4 atom stereocenters. The van der Waals surface area contributed by atoms with Gasteiger partial charge in [-0.05, 0) is 29.8 Å². The molecule has 4 heterocycles. The summed E-state index contributed by atoms with van der Waals surface area (Å²) < 4.78 is 6.54. The number of rotatable bonds is 4. The van der Waals surface area contributed by atoms with Crippen molar-refractivity contribution in [3.8, 4) is 5.75 Å². The number of anilines is 2. The maximum absolute atomic E-state index is 14.3. The summed E-state index contributed by atoms with van der Waals surface area (Å²) in [6.07, 6.45) is 3.70. The third-order valence-electron chi connectivity index (χ3n) is 7.84. The number of hydrogen-bond donors (Lipinski definition) is 0. The first-order valence-corrected chi connectivity index (χ1v) is 12.5. The van der Waals surface area contributed by atoms with E-state index in [4.69, 9.17) is 4.74 Å². The maximum atomic E-state index is 14.3. The first kappa shape index (κ1) is 23.7. The number of fused-ring (bicyclic) bond motifs is 6. The Balaban J connectivity index is 1.40. The number of imide groups is 1. The van der Waals surface area contributed by atoms with E-state index in [9.17, 15) is 24.5 Å². The summed E-state index contributed by atoms with van der Waals surface area (Å²) in [5.41, 5.74) is 2.21. The Labute approximate surface area is 226 Å². The molecule has 12 nitrogen and oxygen atoms in total. The average Bonchev–Trinajstić information content (AvgIpc) is 3.63. The number of non-ortho nitro benzene ring substituents is 1. The fraction of sp³-hybridized carbons (Fsp3) is 0.179. The van der Waals surface area contributed by atoms with Crippen molar-refractivity contribution in [1.29, 1.82) is 0 Å². The number of aromatic nitrogens is 3. The van der Waals surface area contributed by atoms with E-state index in [2.05, 4.69) is 10.3 Å². The molecule has 0 unspecified atom stereocenters. The molecule has 0 aliphatic carbocycles. The van der Waals surface area contributed by atoms with Gasteiger partial charge in [-0.25, -0.2) is 4.90 Å². The van der Waals surface area contributed by atoms with Crippen LogP contribution in [0.15, 0.2) is 72.8 Å². The van der Waals surface area contributed by atoms with Gasteiger partial charge in [0.1, 0.15) is 23.0 Å². The van der Waals surface area contributed by atoms with Crippen molar-refractivity contribution in [3.05, 3.63) is 88.5 Å². The van der Waals surface area contributed by atoms with Gasteiger partial charge >= 0.3 is 0 Å². The zero-order valence-corrected chi connectivity index (χ0v) is 20.9. The van der Waals surface area contributed by atoms with Crippen LogP contribution in [0, 0.1) is 22.0 Å². The quantitative estimate of drug-likeness (QED) is 0.219. The van der Waals surface area contributed by atoms with Crippen molar-refractivity contribution in [2.45, 2.75) is 12.1 Å². The molecule has 3 aliphatic heterocycles. The lowest BCUT2D eigenvalue weighted by molar-refractivity contribution is -0.384. The van der Waals surface area contributed by atoms with E-state index in [1.165, 1.54) is 23.9 Å². The van der Waals surface area contributed by atoms with E-state index in [0.717, 1.165) is 16.5 Å². The number of ether oxygens (including phenoxy) is 1. The van der Waals surface area contributed by atoms with Crippen LogP contribution in [0.25, 0.3) is 17.1 Å². The standard InChI is InChI=1S/C28H20N6O6/c1-40-22-13-11-16(34(38)39)14-21(22)32-26(35)23-20-12-10-15-6-2-4-8-18(15)31(20)25(24(23)27(32)36)28(37)33-19-9-5-3-7-17(19)29-30-33/h2-14,20,23-25H,1H3/t20-,23-,24-,25-/m0/s1. The van der Waals surface area contributed by atoms with Gasteiger partial charge in [0.25, 0.3) is 11.6 Å². The lowest BCUT2D eigenvalue weighted by atomic mass is 9.88. The number of carbonyl (C=O) groups is 3. The number of benzene rings is 3. The first-order chi connectivity index (χ1) is 19.4. The fourth-order valence-corrected chi connectivity index (χ4v) is 6.16. The molecule has 12 heteroatoms. The monoisotopic (exact) mass is 536 g/mol. The number of para-hydroxylation sites is 2. The molecular weight excluding hydrogens is 516 g/mol. The van der Waals surface area contributed by atoms with Crippen molar-refractivity contribution >= 4 is 51.9 Å². The van der Waals surface area contributed by atoms with Gasteiger partial charge in [-0.1, -0.05) is 47.7 Å². The molecule has 0 bridgehead atoms. The molecule has 198 valence electrons. The second kappa shape index (κ2) is 8.56. The third kappa shape index (κ3) is 3.16. The van der Waals surface area contributed by atoms with E-state index < -0.39 is 46.6 Å². The molecule has 2 saturated heterocycles. The lowest BCUT2D eigenvalue weighted by Crippen LogP contribution is -2.50. The van der Waals surface area contributed by atoms with Gasteiger partial charge in [0.2, 0.25) is 11.8 Å². The van der Waals surface area contributed by atoms with E-state index >= 15 is 0 Å². The highest BCUT2D eigenvalue weighted by Gasteiger charge is 2.65. The predicted molar refractivity (Wildman–Crippen MR) is 143 cm³/mol. The largest absolute Gasteiger partial charge is 0.495 e. The summed E-state index contributed by atoms with van der Waals surface area (Å²) >= 11 is 0. The van der Waals surface area contributed by atoms with Crippen LogP contribution < -0.4 is 14.5 Å². The molecule has 0 spiro atoms. The number of nitrogens with zero attached hydrogens (tertiary/aromatic N) is 6. The van der Waals surface area contributed by atoms with Crippen LogP contribution in [-0.2, 0) is 9.59 Å². The minimum absolute atomic E-state index is 0.0368. The molecule has 2 amide bonds. The Hall–Kier alpha value is -5.39. The van der Waals surface area contributed by atoms with Crippen molar-refractivity contribution in [3.63, 3.8) is 0 Å². The van der Waals surface area contributed by atoms with Crippen molar-refractivity contribution in [2.75, 3.05) is 16.9 Å². The Morgan fingerprint density at radius 3 is 2.52 bits per heavy atom. The van der Waals surface area contributed by atoms with Crippen LogP contribution in [0.4, 0.5) is 17.1 Å². The van der Waals surface area contributed by atoms with Gasteiger partial charge in [-0.3, -0.25) is 24.5 Å². The number of amides is 2. The van der Waals surface area contributed by atoms with Gasteiger partial charge in [0.15, 0.2) is 0 Å². The summed E-state index contributed by atoms with van der Waals surface area (Å²) in [6, 6.07) is 16.4. The first-order valence-electron chi connectivity index (χ1n) is 12.5. The predicted octanol–water partition coefficient (Wildman–Crippen LogP) is 3.08. The van der Waals surface area contributed by atoms with Gasteiger partial charge in [-0.15, -0.1) is 5.10 Å². The van der Waals surface area contributed by atoms with Crippen LogP contribution in [0.5, 0.6) is 5.75 Å². The fourth-order valence-electron chi connectivity index (χ4n) is 6.16. The van der Waals surface area contributed by atoms with E-state index in [1.807, 2.05) is 41.3 Å². The number of carbonyl (C=O) groups excluding carboxylic acids is 3. The van der Waals surface area contributed by atoms with E-state index in [0.29, 0.717) is 16.7 Å². The molecule has 2 fully saturated rings. The van der Waals surface area contributed by atoms with Crippen molar-refractivity contribution in [2.24, 2.45) is 11.8 Å². The van der Waals surface area contributed by atoms with Gasteiger partial charge in [0.05, 0.1) is 35.4 Å². The van der Waals surface area contributed by atoms with Gasteiger partial charge in [-0.2, -0.15) is 4.68 Å². The van der Waals surface area contributed by atoms with Crippen LogP contribution in [0.2, 0.25) is 0 Å². The van der Waals surface area contributed by atoms with Gasteiger partial charge in [0, 0.05) is 17.8 Å². The SMILES string of the molecule is COc1ccc([N+](=O)[O-])cc1N1C(=O)[C@@H]2[C@H](C1=O)[C@@H](C(=O)n1nnc3ccccc31)N1c3ccccc3C=C[C@@H]21. The molecule has 0 saturated carbocycles. The van der Waals surface area contributed by atoms with E-state index in [-0.39, 0.29) is 17.1 Å². The second-order valence-corrected chi connectivity index (χ2v) is 9.77. The van der Waals surface area contributed by atoms with Crippen LogP contribution in [0.1, 0.15) is 10.4 Å². The van der Waals surface area contributed by atoms with Crippen LogP contribution in [0.3, 0.4) is 0 Å². The Kier molecular flexibility index (Phi) is 5.07. The van der Waals surface area contributed by atoms with Crippen LogP contribution in [-0.4, -0.2) is 56.8 Å². The van der Waals surface area contributed by atoms with Crippen molar-refractivity contribution in [1.82, 2.24) is 15.0 Å². The zero-order valence-electron chi connectivity index (χ0n) is 20.9. The Bertz CT molecular complexity index is 1800. The lowest BCUT2D eigenvalue weighted by Gasteiger charge is -2.36. The molecule has 40 heavy (non-hydrogen) atoms. The van der Waals surface area contributed by atoms with Gasteiger partial charge < -0.3 is 9.64 Å². The highest BCUT2D eigenvalue weighted by atomic mass is 16.6. The Morgan fingerprint density at radius 1 is 0.975 bits per heavy atom. The second-order valence-electron chi connectivity index (χ2n) is 9.77. The van der Waals surface area contributed by atoms with Crippen LogP contribution >= 0.6 is 0 Å². The van der Waals surface area contributed by atoms with Crippen molar-refractivity contribution < 1.29 is 24.0 Å². The average molecular weight is 537 g/mol. The minimum atomic E-state index is -1.10. The molecule has 3 aliphatic rings. The summed E-state index contributed by atoms with van der Waals surface area (Å²) in [7, 11) is 1.35. The summed E-state index contributed by atoms with van der Waals surface area (Å²) in [6.45, 7) is 0. The highest BCUT2D eigenvalue weighted by molar-refractivity contribution is 6.25. The third-order valence-corrected chi connectivity index (χ3v) is 7.84. The number of nitro groups is 1. The minimum Gasteiger partial charge on any atom is -0.495 e. The molecule has 3 aromatic carbocycles. The number of nitro benzene ring substituents is 1. The molecule has 7 rings (SSSR count). The molecule has 1 aromatic heterocycles. The summed E-state index contributed by atoms with van der Waals surface area (Å²) in [5, 5.41) is 19.7. The molecule has 0 radical (unpaired) electrons. The van der Waals surface area contributed by atoms with E-state index in [1.54, 1.807) is 24.3 Å². The molecule has 0 N–H and O–H groups in total. The smallest absolute Gasteiger partial charge is 0.272 e. The number of methoxy groups -OCH3 is 1. The zero-order chi connectivity index (χ0) is 27.7. The molecular formula is C28H20N6O6. The summed E-state index contributed by atoms with van der Waals surface area (Å²) in [4.78, 5) is 56.2. The Morgan fingerprint density at radius 2 is 1.73 bits per heavy atom. The maximum Gasteiger partial charge on any atom is 0.272 e.